The molecule has 0 atom stereocenters. The third-order valence-corrected chi connectivity index (χ3v) is 10.5. The molecule has 8 aromatic carbocycles. The van der Waals surface area contributed by atoms with Gasteiger partial charge in [-0.05, 0) is 112 Å². The Bertz CT molecular complexity index is 2740. The van der Waals surface area contributed by atoms with Crippen molar-refractivity contribution in [3.05, 3.63) is 164 Å². The monoisotopic (exact) mass is 617 g/mol. The zero-order chi connectivity index (χ0) is 30.9. The molecule has 0 aliphatic carbocycles. The first-order valence-corrected chi connectivity index (χ1v) is 16.7. The van der Waals surface area contributed by atoms with E-state index in [4.69, 9.17) is 4.42 Å². The minimum Gasteiger partial charge on any atom is -0.456 e. The molecule has 0 amide bonds. The number of para-hydroxylation sites is 3. The first-order valence-electron chi connectivity index (χ1n) is 15.9. The number of rotatable bonds is 4. The highest BCUT2D eigenvalue weighted by Crippen LogP contribution is 2.44. The molecule has 0 saturated heterocycles. The maximum absolute atomic E-state index is 6.42. The van der Waals surface area contributed by atoms with Crippen LogP contribution in [0.2, 0.25) is 0 Å². The van der Waals surface area contributed by atoms with E-state index >= 15 is 0 Å². The quantitative estimate of drug-likeness (QED) is 0.183. The van der Waals surface area contributed by atoms with Gasteiger partial charge >= 0.3 is 0 Å². The number of hydrogen-bond acceptors (Lipinski definition) is 3. The number of furan rings is 1. The molecule has 2 aromatic heterocycles. The summed E-state index contributed by atoms with van der Waals surface area (Å²) in [4.78, 5) is 2.31. The van der Waals surface area contributed by atoms with Gasteiger partial charge in [0.25, 0.3) is 0 Å². The largest absolute Gasteiger partial charge is 0.456 e. The maximum Gasteiger partial charge on any atom is 0.136 e. The average Bonchev–Trinajstić information content (AvgIpc) is 3.68. The van der Waals surface area contributed by atoms with E-state index in [9.17, 15) is 0 Å². The van der Waals surface area contributed by atoms with Crippen molar-refractivity contribution >= 4 is 92.1 Å². The molecule has 0 radical (unpaired) electrons. The van der Waals surface area contributed by atoms with Crippen molar-refractivity contribution in [3.8, 4) is 11.1 Å². The smallest absolute Gasteiger partial charge is 0.136 e. The summed E-state index contributed by atoms with van der Waals surface area (Å²) in [6.45, 7) is 0. The predicted octanol–water partition coefficient (Wildman–Crippen LogP) is 13.4. The predicted molar refractivity (Wildman–Crippen MR) is 202 cm³/mol. The third kappa shape index (κ3) is 4.17. The van der Waals surface area contributed by atoms with E-state index in [1.165, 1.54) is 52.8 Å². The van der Waals surface area contributed by atoms with Gasteiger partial charge in [0.1, 0.15) is 11.2 Å². The minimum atomic E-state index is 0.918. The molecule has 0 aliphatic rings. The minimum absolute atomic E-state index is 0.918. The van der Waals surface area contributed by atoms with E-state index in [0.717, 1.165) is 39.0 Å². The second-order valence-corrected chi connectivity index (χ2v) is 13.2. The molecule has 10 aromatic rings. The van der Waals surface area contributed by atoms with Gasteiger partial charge in [-0.1, -0.05) is 84.9 Å². The van der Waals surface area contributed by atoms with E-state index in [-0.39, 0.29) is 0 Å². The fraction of sp³-hybridized carbons (Fsp3) is 0. The van der Waals surface area contributed by atoms with E-state index < -0.39 is 0 Å². The van der Waals surface area contributed by atoms with Gasteiger partial charge in [0.2, 0.25) is 0 Å². The molecular weight excluding hydrogens is 591 g/mol. The number of hydrogen-bond donors (Lipinski definition) is 0. The molecule has 0 fully saturated rings. The first kappa shape index (κ1) is 26.3. The summed E-state index contributed by atoms with van der Waals surface area (Å²) in [5.74, 6) is 0. The van der Waals surface area contributed by atoms with Crippen LogP contribution in [0.15, 0.2) is 168 Å². The van der Waals surface area contributed by atoms with Crippen LogP contribution < -0.4 is 4.90 Å². The number of thiophene rings is 1. The van der Waals surface area contributed by atoms with Crippen LogP contribution >= 0.6 is 11.3 Å². The van der Waals surface area contributed by atoms with Crippen molar-refractivity contribution in [2.75, 3.05) is 4.90 Å². The standard InChI is InChI=1S/C44H27NOS/c1-3-11-30(12-4-1)45(31-13-5-2-6-14-31)32-21-19-28(20-22-32)35-23-29-24-44-40(34-16-8-10-18-43(34)47-44)25-36(29)38-27-42-39(26-37(35)38)33-15-7-9-17-41(33)46-42/h1-27H. The van der Waals surface area contributed by atoms with Crippen LogP contribution in [0.1, 0.15) is 0 Å². The van der Waals surface area contributed by atoms with E-state index in [1.54, 1.807) is 0 Å². The lowest BCUT2D eigenvalue weighted by atomic mass is 9.91. The van der Waals surface area contributed by atoms with Crippen molar-refractivity contribution in [1.29, 1.82) is 0 Å². The molecule has 0 saturated carbocycles. The number of fused-ring (bicyclic) bond motifs is 9. The van der Waals surface area contributed by atoms with Crippen molar-refractivity contribution in [1.82, 2.24) is 0 Å². The van der Waals surface area contributed by atoms with Crippen LogP contribution in [0.25, 0.3) is 74.8 Å². The Hall–Kier alpha value is -5.90. The van der Waals surface area contributed by atoms with Crippen LogP contribution in [0.4, 0.5) is 17.1 Å². The summed E-state index contributed by atoms with van der Waals surface area (Å²) in [6.07, 6.45) is 0. The molecule has 3 heteroatoms. The lowest BCUT2D eigenvalue weighted by molar-refractivity contribution is 0.669. The van der Waals surface area contributed by atoms with Crippen LogP contribution in [0, 0.1) is 0 Å². The maximum atomic E-state index is 6.42. The zero-order valence-corrected chi connectivity index (χ0v) is 26.2. The first-order chi connectivity index (χ1) is 23.3. The van der Waals surface area contributed by atoms with Crippen molar-refractivity contribution in [2.24, 2.45) is 0 Å². The van der Waals surface area contributed by atoms with Gasteiger partial charge in [0, 0.05) is 48.0 Å². The fourth-order valence-electron chi connectivity index (χ4n) is 7.22. The molecule has 0 aliphatic heterocycles. The normalized spacial score (nSPS) is 11.8. The van der Waals surface area contributed by atoms with E-state index in [2.05, 4.69) is 163 Å². The van der Waals surface area contributed by atoms with Crippen molar-refractivity contribution in [2.45, 2.75) is 0 Å². The van der Waals surface area contributed by atoms with E-state index in [1.807, 2.05) is 17.4 Å². The molecule has 0 bridgehead atoms. The van der Waals surface area contributed by atoms with Crippen LogP contribution in [-0.2, 0) is 0 Å². The summed E-state index contributed by atoms with van der Waals surface area (Å²) in [6, 6.07) is 59.0. The Labute approximate surface area is 275 Å². The Morgan fingerprint density at radius 2 is 1.02 bits per heavy atom. The molecule has 2 nitrogen and oxygen atoms in total. The summed E-state index contributed by atoms with van der Waals surface area (Å²) in [5.41, 5.74) is 7.62. The molecular formula is C44H27NOS. The van der Waals surface area contributed by atoms with Gasteiger partial charge in [-0.3, -0.25) is 0 Å². The average molecular weight is 618 g/mol. The van der Waals surface area contributed by atoms with Crippen LogP contribution in [0.3, 0.4) is 0 Å². The Kier molecular flexibility index (Phi) is 5.78. The molecule has 0 unspecified atom stereocenters. The SMILES string of the molecule is c1ccc(N(c2ccccc2)c2ccc(-c3cc4cc5sc6ccccc6c5cc4c4cc5oc6ccccc6c5cc34)cc2)cc1. The van der Waals surface area contributed by atoms with Gasteiger partial charge < -0.3 is 9.32 Å². The summed E-state index contributed by atoms with van der Waals surface area (Å²) in [5, 5.41) is 9.83. The topological polar surface area (TPSA) is 16.4 Å². The van der Waals surface area contributed by atoms with Gasteiger partial charge in [-0.15, -0.1) is 11.3 Å². The summed E-state index contributed by atoms with van der Waals surface area (Å²) in [7, 11) is 0. The molecule has 47 heavy (non-hydrogen) atoms. The molecule has 10 rings (SSSR count). The Morgan fingerprint density at radius 3 is 1.79 bits per heavy atom. The highest BCUT2D eigenvalue weighted by Gasteiger charge is 2.17. The van der Waals surface area contributed by atoms with Crippen molar-refractivity contribution in [3.63, 3.8) is 0 Å². The third-order valence-electron chi connectivity index (χ3n) is 9.41. The van der Waals surface area contributed by atoms with E-state index in [0.29, 0.717) is 0 Å². The summed E-state index contributed by atoms with van der Waals surface area (Å²) >= 11 is 1.87. The van der Waals surface area contributed by atoms with Gasteiger partial charge in [0.15, 0.2) is 0 Å². The van der Waals surface area contributed by atoms with Crippen molar-refractivity contribution < 1.29 is 4.42 Å². The van der Waals surface area contributed by atoms with Gasteiger partial charge in [-0.25, -0.2) is 0 Å². The number of benzene rings is 8. The molecule has 220 valence electrons. The molecule has 0 N–H and O–H groups in total. The molecule has 0 spiro atoms. The van der Waals surface area contributed by atoms with Gasteiger partial charge in [0.05, 0.1) is 0 Å². The molecule has 2 heterocycles. The lowest BCUT2D eigenvalue weighted by Crippen LogP contribution is -2.09. The Balaban J connectivity index is 1.22. The highest BCUT2D eigenvalue weighted by atomic mass is 32.1. The highest BCUT2D eigenvalue weighted by molar-refractivity contribution is 7.25. The number of anilines is 3. The van der Waals surface area contributed by atoms with Crippen LogP contribution in [-0.4, -0.2) is 0 Å². The van der Waals surface area contributed by atoms with Crippen LogP contribution in [0.5, 0.6) is 0 Å². The fourth-order valence-corrected chi connectivity index (χ4v) is 8.36. The lowest BCUT2D eigenvalue weighted by Gasteiger charge is -2.25. The summed E-state index contributed by atoms with van der Waals surface area (Å²) < 4.78 is 9.05. The van der Waals surface area contributed by atoms with Gasteiger partial charge in [-0.2, -0.15) is 0 Å². The Morgan fingerprint density at radius 1 is 0.383 bits per heavy atom. The second kappa shape index (κ2) is 10.3. The number of nitrogens with zero attached hydrogens (tertiary/aromatic N) is 1. The zero-order valence-electron chi connectivity index (χ0n) is 25.4. The second-order valence-electron chi connectivity index (χ2n) is 12.1.